The van der Waals surface area contributed by atoms with Crippen LogP contribution in [0.1, 0.15) is 23.7 Å². The van der Waals surface area contributed by atoms with Gasteiger partial charge in [0.05, 0.1) is 5.76 Å². The molecule has 1 atom stereocenters. The maximum absolute atomic E-state index is 6.02. The van der Waals surface area contributed by atoms with Gasteiger partial charge in [-0.3, -0.25) is 0 Å². The van der Waals surface area contributed by atoms with Crippen LogP contribution in [-0.4, -0.2) is 0 Å². The summed E-state index contributed by atoms with van der Waals surface area (Å²) >= 11 is 0. The van der Waals surface area contributed by atoms with E-state index in [1.807, 2.05) is 42.5 Å². The van der Waals surface area contributed by atoms with Crippen LogP contribution < -0.4 is 0 Å². The highest BCUT2D eigenvalue weighted by molar-refractivity contribution is 5.21. The monoisotopic (exact) mass is 264 g/mol. The lowest BCUT2D eigenvalue weighted by Gasteiger charge is -2.20. The van der Waals surface area contributed by atoms with Crippen LogP contribution in [0.15, 0.2) is 85.7 Å². The van der Waals surface area contributed by atoms with Crippen molar-refractivity contribution in [1.29, 1.82) is 0 Å². The molecule has 0 amide bonds. The van der Waals surface area contributed by atoms with Crippen molar-refractivity contribution in [1.82, 2.24) is 0 Å². The lowest BCUT2D eigenvalue weighted by atomic mass is 10.1. The van der Waals surface area contributed by atoms with Crippen molar-refractivity contribution < 1.29 is 4.74 Å². The Hall–Kier alpha value is -2.28. The lowest BCUT2D eigenvalue weighted by Crippen LogP contribution is -2.04. The molecule has 2 rings (SSSR count). The molecule has 0 heterocycles. The number of hydrogen-bond acceptors (Lipinski definition) is 1. The Bertz CT molecular complexity index is 542. The van der Waals surface area contributed by atoms with Crippen molar-refractivity contribution in [2.24, 2.45) is 0 Å². The Labute approximate surface area is 121 Å². The summed E-state index contributed by atoms with van der Waals surface area (Å²) < 4.78 is 6.02. The largest absolute Gasteiger partial charge is 0.490 e. The van der Waals surface area contributed by atoms with Gasteiger partial charge in [-0.2, -0.15) is 0 Å². The molecule has 0 aliphatic rings. The number of allylic oxidation sites excluding steroid dienone is 1. The summed E-state index contributed by atoms with van der Waals surface area (Å²) in [7, 11) is 0. The van der Waals surface area contributed by atoms with Crippen LogP contribution in [0.4, 0.5) is 0 Å². The van der Waals surface area contributed by atoms with Gasteiger partial charge in [-0.1, -0.05) is 73.3 Å². The second-order valence-electron chi connectivity index (χ2n) is 4.74. The number of benzene rings is 2. The van der Waals surface area contributed by atoms with Crippen molar-refractivity contribution in [3.8, 4) is 0 Å². The highest BCUT2D eigenvalue weighted by Gasteiger charge is 2.12. The SMILES string of the molecule is C=CCC(OC(=C)Cc1ccccc1)c1ccccc1. The first-order chi connectivity index (χ1) is 9.79. The van der Waals surface area contributed by atoms with Gasteiger partial charge in [0.15, 0.2) is 0 Å². The van der Waals surface area contributed by atoms with E-state index >= 15 is 0 Å². The Morgan fingerprint density at radius 2 is 1.60 bits per heavy atom. The van der Waals surface area contributed by atoms with E-state index in [-0.39, 0.29) is 6.10 Å². The predicted molar refractivity (Wildman–Crippen MR) is 84.4 cm³/mol. The third kappa shape index (κ3) is 4.13. The van der Waals surface area contributed by atoms with E-state index in [4.69, 9.17) is 4.74 Å². The zero-order valence-corrected chi connectivity index (χ0v) is 11.7. The van der Waals surface area contributed by atoms with Crippen LogP contribution in [0, 0.1) is 0 Å². The normalized spacial score (nSPS) is 11.6. The minimum absolute atomic E-state index is 0.00934. The lowest BCUT2D eigenvalue weighted by molar-refractivity contribution is 0.116. The van der Waals surface area contributed by atoms with Gasteiger partial charge in [0, 0.05) is 12.8 Å². The molecule has 0 aliphatic carbocycles. The fourth-order valence-corrected chi connectivity index (χ4v) is 2.14. The van der Waals surface area contributed by atoms with Gasteiger partial charge in [-0.25, -0.2) is 0 Å². The summed E-state index contributed by atoms with van der Waals surface area (Å²) in [5.74, 6) is 0.784. The summed E-state index contributed by atoms with van der Waals surface area (Å²) in [4.78, 5) is 0. The average Bonchev–Trinajstić information content (AvgIpc) is 2.49. The highest BCUT2D eigenvalue weighted by Crippen LogP contribution is 2.25. The van der Waals surface area contributed by atoms with E-state index in [1.165, 1.54) is 5.56 Å². The maximum atomic E-state index is 6.02. The standard InChI is InChI=1S/C19H20O/c1-3-10-19(18-13-8-5-9-14-18)20-16(2)15-17-11-6-4-7-12-17/h3-9,11-14,19H,1-2,10,15H2. The molecule has 0 N–H and O–H groups in total. The second-order valence-corrected chi connectivity index (χ2v) is 4.74. The predicted octanol–water partition coefficient (Wildman–Crippen LogP) is 5.08. The molecule has 0 radical (unpaired) electrons. The van der Waals surface area contributed by atoms with Crippen LogP contribution in [0.2, 0.25) is 0 Å². The number of hydrogen-bond donors (Lipinski definition) is 0. The molecule has 0 bridgehead atoms. The molecule has 1 nitrogen and oxygen atoms in total. The molecule has 1 unspecified atom stereocenters. The first-order valence-corrected chi connectivity index (χ1v) is 6.84. The molecule has 0 aliphatic heterocycles. The van der Waals surface area contributed by atoms with Gasteiger partial charge >= 0.3 is 0 Å². The third-order valence-corrected chi connectivity index (χ3v) is 3.11. The van der Waals surface area contributed by atoms with E-state index in [0.29, 0.717) is 0 Å². The molecule has 0 fully saturated rings. The molecular formula is C19H20O. The molecule has 0 saturated heterocycles. The molecule has 0 saturated carbocycles. The Morgan fingerprint density at radius 1 is 1.00 bits per heavy atom. The molecular weight excluding hydrogens is 244 g/mol. The molecule has 102 valence electrons. The summed E-state index contributed by atoms with van der Waals surface area (Å²) in [6, 6.07) is 20.4. The van der Waals surface area contributed by atoms with Gasteiger partial charge in [0.1, 0.15) is 6.10 Å². The fraction of sp³-hybridized carbons (Fsp3) is 0.158. The van der Waals surface area contributed by atoms with Gasteiger partial charge in [0.25, 0.3) is 0 Å². The van der Waals surface area contributed by atoms with Gasteiger partial charge < -0.3 is 4.74 Å². The molecule has 1 heteroatoms. The summed E-state index contributed by atoms with van der Waals surface area (Å²) in [5, 5.41) is 0. The number of ether oxygens (including phenoxy) is 1. The van der Waals surface area contributed by atoms with Crippen molar-refractivity contribution >= 4 is 0 Å². The number of rotatable bonds is 7. The molecule has 0 spiro atoms. The smallest absolute Gasteiger partial charge is 0.127 e. The second kappa shape index (κ2) is 7.34. The van der Waals surface area contributed by atoms with Gasteiger partial charge in [0.2, 0.25) is 0 Å². The maximum Gasteiger partial charge on any atom is 0.127 e. The van der Waals surface area contributed by atoms with Crippen LogP contribution >= 0.6 is 0 Å². The first-order valence-electron chi connectivity index (χ1n) is 6.84. The van der Waals surface area contributed by atoms with Crippen LogP contribution in [0.5, 0.6) is 0 Å². The van der Waals surface area contributed by atoms with Crippen LogP contribution in [0.3, 0.4) is 0 Å². The Morgan fingerprint density at radius 3 is 2.20 bits per heavy atom. The fourth-order valence-electron chi connectivity index (χ4n) is 2.14. The van der Waals surface area contributed by atoms with Gasteiger partial charge in [-0.05, 0) is 11.1 Å². The minimum atomic E-state index is -0.00934. The van der Waals surface area contributed by atoms with E-state index in [0.717, 1.165) is 24.2 Å². The average molecular weight is 264 g/mol. The zero-order valence-electron chi connectivity index (χ0n) is 11.7. The zero-order chi connectivity index (χ0) is 14.2. The van der Waals surface area contributed by atoms with Gasteiger partial charge in [-0.15, -0.1) is 6.58 Å². The van der Waals surface area contributed by atoms with E-state index < -0.39 is 0 Å². The van der Waals surface area contributed by atoms with Crippen molar-refractivity contribution in [2.45, 2.75) is 18.9 Å². The van der Waals surface area contributed by atoms with Crippen LogP contribution in [-0.2, 0) is 11.2 Å². The van der Waals surface area contributed by atoms with Crippen molar-refractivity contribution in [3.05, 3.63) is 96.8 Å². The minimum Gasteiger partial charge on any atom is -0.490 e. The van der Waals surface area contributed by atoms with Crippen molar-refractivity contribution in [3.63, 3.8) is 0 Å². The first kappa shape index (κ1) is 14.1. The molecule has 2 aromatic carbocycles. The van der Waals surface area contributed by atoms with E-state index in [9.17, 15) is 0 Å². The topological polar surface area (TPSA) is 9.23 Å². The van der Waals surface area contributed by atoms with Crippen LogP contribution in [0.25, 0.3) is 0 Å². The quantitative estimate of drug-likeness (QED) is 0.500. The molecule has 0 aromatic heterocycles. The molecule has 20 heavy (non-hydrogen) atoms. The third-order valence-electron chi connectivity index (χ3n) is 3.11. The highest BCUT2D eigenvalue weighted by atomic mass is 16.5. The van der Waals surface area contributed by atoms with E-state index in [1.54, 1.807) is 0 Å². The summed E-state index contributed by atoms with van der Waals surface area (Å²) in [6.45, 7) is 7.85. The Balaban J connectivity index is 2.01. The van der Waals surface area contributed by atoms with E-state index in [2.05, 4.69) is 37.4 Å². The Kier molecular flexibility index (Phi) is 5.19. The van der Waals surface area contributed by atoms with Crippen molar-refractivity contribution in [2.75, 3.05) is 0 Å². The molecule has 2 aromatic rings. The summed E-state index contributed by atoms with van der Waals surface area (Å²) in [6.07, 6.45) is 3.39. The summed E-state index contributed by atoms with van der Waals surface area (Å²) in [5.41, 5.74) is 2.37.